The third-order valence-electron chi connectivity index (χ3n) is 27.0. The highest BCUT2D eigenvalue weighted by molar-refractivity contribution is 5.94. The van der Waals surface area contributed by atoms with E-state index in [1.165, 1.54) is 149 Å². The molecule has 18 rings (SSSR count). The zero-order valence-electron chi connectivity index (χ0n) is 68.6. The first-order chi connectivity index (χ1) is 55.3. The molecule has 5 N–H and O–H groups in total. The van der Waals surface area contributed by atoms with Gasteiger partial charge in [-0.2, -0.15) is 0 Å². The van der Waals surface area contributed by atoms with Gasteiger partial charge in [0.05, 0.1) is 13.2 Å². The molecule has 10 atom stereocenters. The van der Waals surface area contributed by atoms with Crippen LogP contribution in [-0.4, -0.2) is 134 Å². The largest absolute Gasteiger partial charge is 0.489 e. The van der Waals surface area contributed by atoms with Gasteiger partial charge in [0.15, 0.2) is 5.78 Å². The van der Waals surface area contributed by atoms with Gasteiger partial charge in [0.25, 0.3) is 0 Å². The second-order valence-corrected chi connectivity index (χ2v) is 35.7. The maximum Gasteiger partial charge on any atom is 0.230 e. The highest BCUT2D eigenvalue weighted by Gasteiger charge is 2.47. The van der Waals surface area contributed by atoms with Crippen LogP contribution < -0.4 is 31.3 Å². The third kappa shape index (κ3) is 24.5. The first kappa shape index (κ1) is 82.0. The number of Topliss-reactive ketones (excluding diaryl/α,β-unsaturated/α-hetero) is 2. The van der Waals surface area contributed by atoms with E-state index in [0.717, 1.165) is 143 Å². The molecule has 14 heteroatoms. The standard InChI is InChI=1S/C24H36N2O2.C24H30N2O.C20H21N3O2.C16H23N.C15H21N/c1-19(27)24(9-6-10-24)17-26-13-11-23(12-14-26,18-28-2)16-25-22-15-21(22)20-7-4-3-5-8-20;1-18(27)21-9-7-20(8-10-21)17-26-13-11-19(12-14-26)16-25-24-15-23(24)22-5-3-2-4-6-22;1-14-22-23-20(25-14)12-21-19-11-18(19)16-7-9-17(10-8-16)24-13-15-5-3-2-4-6-15;1-12-7-9-14(10-8-12)17-16-11-15(16)13-5-3-2-4-6-13;1-2-4-13(5-3-1)15-11-14(15)10-12-6-8-16-9-7-12/h3-5,7-8,21-22,25H,6,9-18H2,1-2H3;2-10,19,23-25H,11-17H2,1H3;2-10,18-19,21H,11-13H2,1H3;2-6,12,14-17H,7-11H2,1H3;1-5,12,14-16H,6-11H2/t21-,22+;23?,24-;18-,19+;12?,14?,15-,16+;14-,15+/m01001/s1. The quantitative estimate of drug-likeness (QED) is 0.0282. The molecule has 1 aromatic heterocycles. The average Bonchev–Trinajstić information content (AvgIpc) is 1.81. The molecular weight excluding hydrogens is 1400 g/mol. The second kappa shape index (κ2) is 40.4. The number of nitrogens with one attached hydrogen (secondary N) is 5. The van der Waals surface area contributed by atoms with Crippen LogP contribution in [0.4, 0.5) is 0 Å². The van der Waals surface area contributed by atoms with E-state index in [0.29, 0.717) is 60.7 Å². The lowest BCUT2D eigenvalue weighted by Gasteiger charge is -2.47. The summed E-state index contributed by atoms with van der Waals surface area (Å²) < 4.78 is 16.9. The van der Waals surface area contributed by atoms with Crippen LogP contribution in [0.1, 0.15) is 233 Å². The number of hydrogen-bond donors (Lipinski definition) is 5. The van der Waals surface area contributed by atoms with Crippen LogP contribution in [0.25, 0.3) is 0 Å². The molecule has 3 aliphatic heterocycles. The van der Waals surface area contributed by atoms with E-state index >= 15 is 0 Å². The van der Waals surface area contributed by atoms with Crippen LogP contribution in [-0.2, 0) is 29.2 Å². The number of likely N-dealkylation sites (tertiary alicyclic amines) is 2. The molecule has 10 fully saturated rings. The van der Waals surface area contributed by atoms with Crippen molar-refractivity contribution < 1.29 is 23.5 Å². The molecule has 113 heavy (non-hydrogen) atoms. The van der Waals surface area contributed by atoms with E-state index in [4.69, 9.17) is 13.9 Å². The van der Waals surface area contributed by atoms with Gasteiger partial charge in [0, 0.05) is 104 Å². The lowest BCUT2D eigenvalue weighted by molar-refractivity contribution is -0.133. The third-order valence-corrected chi connectivity index (χ3v) is 27.0. The van der Waals surface area contributed by atoms with Crippen molar-refractivity contribution in [1.29, 1.82) is 0 Å². The molecule has 0 amide bonds. The number of benzene rings is 7. The lowest BCUT2D eigenvalue weighted by atomic mass is 9.65. The normalized spacial score (nSPS) is 26.6. The number of ether oxygens (including phenoxy) is 2. The maximum atomic E-state index is 12.1. The molecule has 0 radical (unpaired) electrons. The van der Waals surface area contributed by atoms with Crippen molar-refractivity contribution in [2.75, 3.05) is 72.6 Å². The van der Waals surface area contributed by atoms with Crippen LogP contribution >= 0.6 is 0 Å². The van der Waals surface area contributed by atoms with E-state index in [1.807, 2.05) is 37.4 Å². The fourth-order valence-electron chi connectivity index (χ4n) is 18.9. The highest BCUT2D eigenvalue weighted by atomic mass is 16.5. The van der Waals surface area contributed by atoms with Crippen LogP contribution in [0, 0.1) is 41.4 Å². The Bertz CT molecular complexity index is 4120. The molecule has 10 aliphatic rings. The van der Waals surface area contributed by atoms with Gasteiger partial charge < -0.3 is 45.4 Å². The molecule has 7 aliphatic carbocycles. The minimum Gasteiger partial charge on any atom is -0.489 e. The van der Waals surface area contributed by atoms with Gasteiger partial charge >= 0.3 is 0 Å². The number of hydrogen-bond acceptors (Lipinski definition) is 14. The molecule has 3 saturated heterocycles. The van der Waals surface area contributed by atoms with Crippen molar-refractivity contribution in [3.05, 3.63) is 256 Å². The molecule has 602 valence electrons. The number of carbonyl (C=O) groups is 2. The number of nitrogens with zero attached hydrogens (tertiary/aromatic N) is 4. The molecule has 0 spiro atoms. The summed E-state index contributed by atoms with van der Waals surface area (Å²) in [4.78, 5) is 28.6. The molecule has 0 bridgehead atoms. The summed E-state index contributed by atoms with van der Waals surface area (Å²) in [5, 5.41) is 26.3. The Morgan fingerprint density at radius 2 is 1.06 bits per heavy atom. The number of ketones is 2. The van der Waals surface area contributed by atoms with E-state index in [9.17, 15) is 9.59 Å². The molecule has 7 aromatic carbocycles. The zero-order valence-corrected chi connectivity index (χ0v) is 68.6. The number of rotatable bonds is 29. The summed E-state index contributed by atoms with van der Waals surface area (Å²) >= 11 is 0. The Kier molecular flexibility index (Phi) is 29.3. The van der Waals surface area contributed by atoms with Gasteiger partial charge in [-0.1, -0.05) is 201 Å². The Morgan fingerprint density at radius 1 is 0.531 bits per heavy atom. The van der Waals surface area contributed by atoms with Gasteiger partial charge in [-0.05, 0) is 256 Å². The molecule has 14 nitrogen and oxygen atoms in total. The SMILES string of the molecule is CC(=O)c1ccc(CN2CCC(CN[C@@H]3CC3c3ccccc3)CC2)cc1.CC1CCC(N[C@@H]2C[C@H]2c2ccccc2)CC1.COCC1(CN[C@@H]2C[C@H]2c2ccccc2)CCN(CC2(C(C)=O)CCC2)CC1.Cc1nnc(CN[C@@H]2C[C@H]2c2ccc(OCc3ccccc3)cc2)o1.c1ccc([C@@H]2C[C@H]2CC2CCNCC2)cc1. The van der Waals surface area contributed by atoms with Gasteiger partial charge in [-0.25, -0.2) is 0 Å². The summed E-state index contributed by atoms with van der Waals surface area (Å²) in [5.41, 5.74) is 10.9. The first-order valence-electron chi connectivity index (χ1n) is 43.8. The monoisotopic (exact) mass is 1530 g/mol. The molecule has 1 unspecified atom stereocenters. The summed E-state index contributed by atoms with van der Waals surface area (Å²) in [6.07, 6.45) is 24.6. The predicted octanol–water partition coefficient (Wildman–Crippen LogP) is 18.4. The van der Waals surface area contributed by atoms with E-state index < -0.39 is 0 Å². The second-order valence-electron chi connectivity index (χ2n) is 35.7. The lowest BCUT2D eigenvalue weighted by Crippen LogP contribution is -2.53. The number of aryl methyl sites for hydroxylation is 1. The smallest absolute Gasteiger partial charge is 0.230 e. The zero-order chi connectivity index (χ0) is 77.8. The van der Waals surface area contributed by atoms with Gasteiger partial charge in [0.2, 0.25) is 11.8 Å². The number of aromatic nitrogens is 2. The van der Waals surface area contributed by atoms with Crippen LogP contribution in [0.5, 0.6) is 5.75 Å². The summed E-state index contributed by atoms with van der Waals surface area (Å²) in [7, 11) is 1.83. The van der Waals surface area contributed by atoms with Crippen molar-refractivity contribution in [3.8, 4) is 5.75 Å². The maximum absolute atomic E-state index is 12.1. The Labute approximate surface area is 676 Å². The fraction of sp³-hybridized carbons (Fsp3) is 0.535. The molecule has 8 aromatic rings. The summed E-state index contributed by atoms with van der Waals surface area (Å²) in [6.45, 7) is 20.8. The molecule has 4 heterocycles. The van der Waals surface area contributed by atoms with Crippen LogP contribution in [0.15, 0.2) is 205 Å². The van der Waals surface area contributed by atoms with Crippen LogP contribution in [0.2, 0.25) is 0 Å². The van der Waals surface area contributed by atoms with Gasteiger partial charge in [0.1, 0.15) is 18.1 Å². The topological polar surface area (TPSA) is 158 Å². The Balaban J connectivity index is 0.000000119. The summed E-state index contributed by atoms with van der Waals surface area (Å²) in [5.74, 6) is 10.1. The van der Waals surface area contributed by atoms with E-state index in [1.54, 1.807) is 26.3 Å². The minimum absolute atomic E-state index is 0.0313. The van der Waals surface area contributed by atoms with Gasteiger partial charge in [-0.3, -0.25) is 14.5 Å². The Hall–Kier alpha value is -7.50. The van der Waals surface area contributed by atoms with Crippen molar-refractivity contribution in [2.24, 2.45) is 34.5 Å². The number of piperidine rings is 3. The molecule has 7 saturated carbocycles. The first-order valence-corrected chi connectivity index (χ1v) is 43.8. The van der Waals surface area contributed by atoms with Crippen molar-refractivity contribution >= 4 is 11.6 Å². The van der Waals surface area contributed by atoms with Crippen molar-refractivity contribution in [2.45, 2.75) is 229 Å². The van der Waals surface area contributed by atoms with E-state index in [2.05, 4.69) is 223 Å². The van der Waals surface area contributed by atoms with Crippen LogP contribution in [0.3, 0.4) is 0 Å². The van der Waals surface area contributed by atoms with Crippen molar-refractivity contribution in [3.63, 3.8) is 0 Å². The Morgan fingerprint density at radius 3 is 1.59 bits per heavy atom. The average molecular weight is 1530 g/mol. The minimum atomic E-state index is -0.0313. The number of carbonyl (C=O) groups excluding carboxylic acids is 2. The summed E-state index contributed by atoms with van der Waals surface area (Å²) in [6, 6.07) is 73.9. The predicted molar refractivity (Wildman–Crippen MR) is 456 cm³/mol. The number of methoxy groups -OCH3 is 1. The van der Waals surface area contributed by atoms with E-state index in [-0.39, 0.29) is 16.6 Å². The highest BCUT2D eigenvalue weighted by Crippen LogP contribution is 2.52. The van der Waals surface area contributed by atoms with Gasteiger partial charge in [-0.15, -0.1) is 10.2 Å². The van der Waals surface area contributed by atoms with Crippen molar-refractivity contribution in [1.82, 2.24) is 46.6 Å². The molecular formula is C99H131N9O5. The fourth-order valence-corrected chi connectivity index (χ4v) is 18.9.